The van der Waals surface area contributed by atoms with E-state index in [1.54, 1.807) is 0 Å². The van der Waals surface area contributed by atoms with Gasteiger partial charge in [-0.1, -0.05) is 36.4 Å². The first-order valence-corrected chi connectivity index (χ1v) is 13.1. The van der Waals surface area contributed by atoms with Gasteiger partial charge in [0.2, 0.25) is 0 Å². The van der Waals surface area contributed by atoms with Crippen LogP contribution in [0.4, 0.5) is 0 Å². The average Bonchev–Trinajstić information content (AvgIpc) is 3.58. The van der Waals surface area contributed by atoms with Crippen LogP contribution in [0.15, 0.2) is 58.3 Å². The van der Waals surface area contributed by atoms with Crippen molar-refractivity contribution in [3.63, 3.8) is 0 Å². The molecule has 1 aromatic carbocycles. The van der Waals surface area contributed by atoms with Crippen LogP contribution in [0.3, 0.4) is 0 Å². The topological polar surface area (TPSA) is 90.4 Å². The predicted octanol–water partition coefficient (Wildman–Crippen LogP) is 3.76. The molecule has 1 unspecified atom stereocenters. The second-order valence-corrected chi connectivity index (χ2v) is 10.1. The van der Waals surface area contributed by atoms with Crippen LogP contribution in [0.1, 0.15) is 50.7 Å². The summed E-state index contributed by atoms with van der Waals surface area (Å²) < 4.78 is 0. The van der Waals surface area contributed by atoms with Crippen molar-refractivity contribution < 1.29 is 9.63 Å². The number of nitrogens with zero attached hydrogens (tertiary/aromatic N) is 3. The fourth-order valence-electron chi connectivity index (χ4n) is 4.71. The number of halogens is 1. The second kappa shape index (κ2) is 10.6. The largest absolute Gasteiger partial charge is 0.368 e. The zero-order chi connectivity index (χ0) is 25.2. The van der Waals surface area contributed by atoms with Gasteiger partial charge in [-0.3, -0.25) is 9.69 Å². The molecule has 1 atom stereocenters. The summed E-state index contributed by atoms with van der Waals surface area (Å²) in [6.07, 6.45) is 7.92. The Labute approximate surface area is 217 Å². The summed E-state index contributed by atoms with van der Waals surface area (Å²) in [7, 11) is 0. The Balaban J connectivity index is 1.49. The fraction of sp³-hybridized carbons (Fsp3) is 0.444. The number of allylic oxidation sites excluding steroid dienone is 1. The first-order chi connectivity index (χ1) is 17.4. The summed E-state index contributed by atoms with van der Waals surface area (Å²) in [5, 5.41) is 7.23. The number of benzene rings is 1. The maximum absolute atomic E-state index is 14.0. The molecule has 8 nitrogen and oxygen atoms in total. The van der Waals surface area contributed by atoms with E-state index >= 15 is 0 Å². The number of amidine groups is 2. The molecule has 0 radical (unpaired) electrons. The highest BCUT2D eigenvalue weighted by Crippen LogP contribution is 2.33. The van der Waals surface area contributed by atoms with E-state index in [1.165, 1.54) is 0 Å². The number of piperidine rings is 1. The lowest BCUT2D eigenvalue weighted by molar-refractivity contribution is -0.122. The Morgan fingerprint density at radius 2 is 2.11 bits per heavy atom. The number of carbonyl (C=O) groups excluding carboxylic acids is 1. The standard InChI is InChI=1S/C27H33ClN6O2/c1-4-19-13-23(22-8-5-20(14-24(22)28)25-32-17(3)36-33-25)27(35)34(15-18-9-11-29-12-10-18)26(19)31-16(2)30-21-6-7-21/h4-5,8,13-14,17-18,21,29-30H,2,6-7,9-12,15H2,1,3H3,(H,32,33)/b19-4-,31-26+. The van der Waals surface area contributed by atoms with Crippen molar-refractivity contribution in [1.82, 2.24) is 21.0 Å². The first kappa shape index (κ1) is 24.7. The van der Waals surface area contributed by atoms with Gasteiger partial charge >= 0.3 is 0 Å². The van der Waals surface area contributed by atoms with Gasteiger partial charge in [0.15, 0.2) is 12.1 Å². The van der Waals surface area contributed by atoms with Gasteiger partial charge in [0.25, 0.3) is 5.91 Å². The highest BCUT2D eigenvalue weighted by Gasteiger charge is 2.34. The van der Waals surface area contributed by atoms with E-state index in [0.29, 0.717) is 52.2 Å². The summed E-state index contributed by atoms with van der Waals surface area (Å²) in [6, 6.07) is 6.03. The molecule has 9 heteroatoms. The van der Waals surface area contributed by atoms with Gasteiger partial charge < -0.3 is 10.6 Å². The van der Waals surface area contributed by atoms with Crippen molar-refractivity contribution >= 4 is 34.8 Å². The fourth-order valence-corrected chi connectivity index (χ4v) is 5.00. The molecule has 0 bridgehead atoms. The summed E-state index contributed by atoms with van der Waals surface area (Å²) in [6.45, 7) is 10.4. The predicted molar refractivity (Wildman–Crippen MR) is 143 cm³/mol. The molecule has 5 rings (SSSR count). The molecule has 3 heterocycles. The van der Waals surface area contributed by atoms with Gasteiger partial charge in [-0.25, -0.2) is 20.3 Å². The third-order valence-corrected chi connectivity index (χ3v) is 7.17. The van der Waals surface area contributed by atoms with Gasteiger partial charge in [-0.05, 0) is 70.7 Å². The monoisotopic (exact) mass is 508 g/mol. The molecule has 1 aliphatic carbocycles. The normalized spacial score (nSPS) is 25.1. The minimum absolute atomic E-state index is 0.0972. The number of rotatable bonds is 7. The molecule has 0 spiro atoms. The van der Waals surface area contributed by atoms with Crippen LogP contribution in [0, 0.1) is 5.92 Å². The van der Waals surface area contributed by atoms with Crippen LogP contribution in [-0.2, 0) is 9.63 Å². The second-order valence-electron chi connectivity index (χ2n) is 9.70. The van der Waals surface area contributed by atoms with Crippen LogP contribution in [-0.4, -0.2) is 54.4 Å². The van der Waals surface area contributed by atoms with Gasteiger partial charge in [0.1, 0.15) is 11.7 Å². The van der Waals surface area contributed by atoms with Crippen molar-refractivity contribution in [2.45, 2.75) is 51.8 Å². The van der Waals surface area contributed by atoms with Crippen LogP contribution in [0.5, 0.6) is 0 Å². The van der Waals surface area contributed by atoms with Crippen molar-refractivity contribution in [1.29, 1.82) is 0 Å². The lowest BCUT2D eigenvalue weighted by Gasteiger charge is -2.34. The molecular formula is C27H33ClN6O2. The van der Waals surface area contributed by atoms with E-state index in [-0.39, 0.29) is 12.1 Å². The highest BCUT2D eigenvalue weighted by molar-refractivity contribution is 6.37. The Morgan fingerprint density at radius 1 is 1.33 bits per heavy atom. The number of hydroxylamine groups is 1. The van der Waals surface area contributed by atoms with E-state index in [2.05, 4.69) is 27.7 Å². The van der Waals surface area contributed by atoms with Gasteiger partial charge in [0.05, 0.1) is 0 Å². The number of carbonyl (C=O) groups is 1. The van der Waals surface area contributed by atoms with E-state index in [9.17, 15) is 4.79 Å². The third-order valence-electron chi connectivity index (χ3n) is 6.86. The molecule has 3 N–H and O–H groups in total. The van der Waals surface area contributed by atoms with E-state index < -0.39 is 0 Å². The minimum atomic E-state index is -0.260. The Bertz CT molecular complexity index is 1180. The lowest BCUT2D eigenvalue weighted by Crippen LogP contribution is -2.46. The van der Waals surface area contributed by atoms with Crippen LogP contribution in [0.2, 0.25) is 5.02 Å². The Morgan fingerprint density at radius 3 is 2.75 bits per heavy atom. The Kier molecular flexibility index (Phi) is 7.27. The highest BCUT2D eigenvalue weighted by atomic mass is 35.5. The maximum atomic E-state index is 14.0. The number of nitrogens with one attached hydrogen (secondary N) is 3. The van der Waals surface area contributed by atoms with Crippen LogP contribution in [0.25, 0.3) is 5.57 Å². The number of amides is 1. The third kappa shape index (κ3) is 5.40. The molecule has 3 aliphatic heterocycles. The maximum Gasteiger partial charge on any atom is 0.260 e. The molecule has 1 saturated carbocycles. The molecule has 1 saturated heterocycles. The molecular weight excluding hydrogens is 476 g/mol. The van der Waals surface area contributed by atoms with E-state index in [1.807, 2.05) is 49.1 Å². The van der Waals surface area contributed by atoms with Crippen LogP contribution >= 0.6 is 11.6 Å². The molecule has 0 aromatic heterocycles. The number of hydrogen-bond acceptors (Lipinski definition) is 7. The summed E-state index contributed by atoms with van der Waals surface area (Å²) >= 11 is 6.74. The van der Waals surface area contributed by atoms with E-state index in [4.69, 9.17) is 21.4 Å². The lowest BCUT2D eigenvalue weighted by atomic mass is 9.92. The van der Waals surface area contributed by atoms with Crippen molar-refractivity contribution in [3.8, 4) is 0 Å². The summed E-state index contributed by atoms with van der Waals surface area (Å²) in [5.74, 6) is 2.16. The number of aliphatic imine (C=N–C) groups is 2. The van der Waals surface area contributed by atoms with Gasteiger partial charge in [-0.2, -0.15) is 0 Å². The SMILES string of the molecule is C=C(/N=C1\C(=C/C)C=C(c2ccc(C3=NC(C)ON3)cc2Cl)C(=O)N1CC1CCNCC1)NC1CC1. The first-order valence-electron chi connectivity index (χ1n) is 12.7. The zero-order valence-electron chi connectivity index (χ0n) is 20.8. The summed E-state index contributed by atoms with van der Waals surface area (Å²) in [5.41, 5.74) is 5.74. The van der Waals surface area contributed by atoms with Gasteiger partial charge in [-0.15, -0.1) is 0 Å². The number of hydrogen-bond donors (Lipinski definition) is 3. The molecule has 4 aliphatic rings. The van der Waals surface area contributed by atoms with Crippen molar-refractivity contribution in [2.24, 2.45) is 15.9 Å². The van der Waals surface area contributed by atoms with Gasteiger partial charge in [0, 0.05) is 39.9 Å². The minimum Gasteiger partial charge on any atom is -0.368 e. The molecule has 1 aromatic rings. The molecule has 190 valence electrons. The molecule has 2 fully saturated rings. The van der Waals surface area contributed by atoms with Crippen molar-refractivity contribution in [3.05, 3.63) is 64.5 Å². The molecule has 1 amide bonds. The van der Waals surface area contributed by atoms with Crippen LogP contribution < -0.4 is 16.1 Å². The zero-order valence-corrected chi connectivity index (χ0v) is 21.6. The average molecular weight is 509 g/mol. The molecule has 36 heavy (non-hydrogen) atoms. The van der Waals surface area contributed by atoms with Crippen molar-refractivity contribution in [2.75, 3.05) is 19.6 Å². The smallest absolute Gasteiger partial charge is 0.260 e. The summed E-state index contributed by atoms with van der Waals surface area (Å²) in [4.78, 5) is 30.3. The Hall–Kier alpha value is -2.94. The quantitative estimate of drug-likeness (QED) is 0.521. The van der Waals surface area contributed by atoms with E-state index in [0.717, 1.165) is 49.9 Å².